The van der Waals surface area contributed by atoms with Crippen LogP contribution in [0, 0.1) is 19.8 Å². The van der Waals surface area contributed by atoms with Gasteiger partial charge >= 0.3 is 0 Å². The molecule has 2 N–H and O–H groups in total. The molecule has 1 heterocycles. The Morgan fingerprint density at radius 2 is 2.12 bits per heavy atom. The van der Waals surface area contributed by atoms with Crippen molar-refractivity contribution in [1.82, 2.24) is 9.88 Å². The molecule has 0 aromatic carbocycles. The Kier molecular flexibility index (Phi) is 3.24. The third-order valence-corrected chi connectivity index (χ3v) is 4.68. The van der Waals surface area contributed by atoms with Crippen molar-refractivity contribution in [2.45, 2.75) is 37.7 Å². The maximum atomic E-state index is 12.0. The summed E-state index contributed by atoms with van der Waals surface area (Å²) < 4.78 is 31.3. The first kappa shape index (κ1) is 12.5. The first-order valence-electron chi connectivity index (χ1n) is 5.50. The summed E-state index contributed by atoms with van der Waals surface area (Å²) in [6, 6.07) is 0. The van der Waals surface area contributed by atoms with Crippen LogP contribution in [-0.4, -0.2) is 31.3 Å². The van der Waals surface area contributed by atoms with Crippen LogP contribution in [0.5, 0.6) is 0 Å². The molecular formula is C10H16N2O4S. The van der Waals surface area contributed by atoms with E-state index in [1.165, 1.54) is 0 Å². The van der Waals surface area contributed by atoms with Crippen molar-refractivity contribution in [1.29, 1.82) is 0 Å². The Balaban J connectivity index is 2.04. The lowest BCUT2D eigenvalue weighted by Crippen LogP contribution is -2.38. The van der Waals surface area contributed by atoms with E-state index in [-0.39, 0.29) is 16.9 Å². The molecule has 7 heteroatoms. The predicted molar refractivity (Wildman–Crippen MR) is 59.9 cm³/mol. The minimum atomic E-state index is -3.55. The number of hydrogen-bond donors (Lipinski definition) is 2. The SMILES string of the molecule is Cc1noc(C)c1S(=O)(=O)NCC1CC(O)C1. The van der Waals surface area contributed by atoms with Crippen LogP contribution in [0.1, 0.15) is 24.3 Å². The Morgan fingerprint density at radius 1 is 1.47 bits per heavy atom. The minimum absolute atomic E-state index is 0.123. The maximum Gasteiger partial charge on any atom is 0.245 e. The number of aryl methyl sites for hydroxylation is 2. The maximum absolute atomic E-state index is 12.0. The Labute approximate surface area is 100 Å². The number of nitrogens with one attached hydrogen (secondary N) is 1. The number of aliphatic hydroxyl groups is 1. The van der Waals surface area contributed by atoms with Crippen LogP contribution >= 0.6 is 0 Å². The molecule has 0 aliphatic heterocycles. The Morgan fingerprint density at radius 3 is 2.59 bits per heavy atom. The molecule has 0 unspecified atom stereocenters. The van der Waals surface area contributed by atoms with Crippen molar-refractivity contribution in [2.24, 2.45) is 5.92 Å². The summed E-state index contributed by atoms with van der Waals surface area (Å²) >= 11 is 0. The van der Waals surface area contributed by atoms with Crippen molar-refractivity contribution in [3.8, 4) is 0 Å². The molecule has 0 bridgehead atoms. The molecule has 0 spiro atoms. The number of hydrogen-bond acceptors (Lipinski definition) is 5. The van der Waals surface area contributed by atoms with Gasteiger partial charge in [-0.05, 0) is 32.6 Å². The molecule has 6 nitrogen and oxygen atoms in total. The molecule has 0 atom stereocenters. The molecule has 1 aliphatic carbocycles. The van der Waals surface area contributed by atoms with Gasteiger partial charge in [0.05, 0.1) is 6.10 Å². The van der Waals surface area contributed by atoms with Gasteiger partial charge < -0.3 is 9.63 Å². The van der Waals surface area contributed by atoms with E-state index in [2.05, 4.69) is 9.88 Å². The first-order valence-corrected chi connectivity index (χ1v) is 6.99. The van der Waals surface area contributed by atoms with Gasteiger partial charge in [0.2, 0.25) is 10.0 Å². The third kappa shape index (κ3) is 2.51. The topological polar surface area (TPSA) is 92.4 Å². The largest absolute Gasteiger partial charge is 0.393 e. The molecule has 2 rings (SSSR count). The second-order valence-corrected chi connectivity index (χ2v) is 6.20. The fourth-order valence-electron chi connectivity index (χ4n) is 2.03. The second kappa shape index (κ2) is 4.40. The molecule has 1 aromatic heterocycles. The van der Waals surface area contributed by atoms with E-state index in [1.54, 1.807) is 13.8 Å². The van der Waals surface area contributed by atoms with Gasteiger partial charge in [0.25, 0.3) is 0 Å². The second-order valence-electron chi connectivity index (χ2n) is 4.50. The third-order valence-electron chi connectivity index (χ3n) is 3.01. The van der Waals surface area contributed by atoms with Crippen molar-refractivity contribution in [3.63, 3.8) is 0 Å². The minimum Gasteiger partial charge on any atom is -0.393 e. The summed E-state index contributed by atoms with van der Waals surface area (Å²) in [5, 5.41) is 12.7. The molecule has 0 amide bonds. The highest BCUT2D eigenvalue weighted by atomic mass is 32.2. The predicted octanol–water partition coefficient (Wildman–Crippen LogP) is 0.341. The lowest BCUT2D eigenvalue weighted by molar-refractivity contribution is 0.0453. The Hall–Kier alpha value is -0.920. The lowest BCUT2D eigenvalue weighted by Gasteiger charge is -2.31. The van der Waals surface area contributed by atoms with Crippen molar-refractivity contribution in [3.05, 3.63) is 11.5 Å². The van der Waals surface area contributed by atoms with Crippen LogP contribution in [0.2, 0.25) is 0 Å². The standard InChI is InChI=1S/C10H16N2O4S/c1-6-10(7(2)16-12-6)17(14,15)11-5-8-3-9(13)4-8/h8-9,11,13H,3-5H2,1-2H3. The van der Waals surface area contributed by atoms with E-state index in [0.29, 0.717) is 30.8 Å². The van der Waals surface area contributed by atoms with Crippen molar-refractivity contribution < 1.29 is 18.0 Å². The number of aromatic nitrogens is 1. The van der Waals surface area contributed by atoms with Crippen molar-refractivity contribution >= 4 is 10.0 Å². The summed E-state index contributed by atoms with van der Waals surface area (Å²) in [5.41, 5.74) is 0.364. The van der Waals surface area contributed by atoms with Gasteiger partial charge in [0.15, 0.2) is 5.76 Å². The molecule has 1 saturated carbocycles. The Bertz CT molecular complexity index is 483. The zero-order chi connectivity index (χ0) is 12.6. The normalized spacial score (nSPS) is 24.6. The van der Waals surface area contributed by atoms with E-state index in [1.807, 2.05) is 0 Å². The van der Waals surface area contributed by atoms with Crippen LogP contribution in [0.15, 0.2) is 9.42 Å². The molecule has 1 aromatic rings. The molecule has 96 valence electrons. The average Bonchev–Trinajstić information content (AvgIpc) is 2.52. The summed E-state index contributed by atoms with van der Waals surface area (Å²) in [4.78, 5) is 0.123. The van der Waals surface area contributed by atoms with Crippen LogP contribution in [0.3, 0.4) is 0 Å². The van der Waals surface area contributed by atoms with E-state index in [4.69, 9.17) is 9.63 Å². The number of rotatable bonds is 4. The van der Waals surface area contributed by atoms with Gasteiger partial charge in [0.1, 0.15) is 10.6 Å². The highest BCUT2D eigenvalue weighted by Crippen LogP contribution is 2.27. The summed E-state index contributed by atoms with van der Waals surface area (Å²) in [6.07, 6.45) is 1.04. The smallest absolute Gasteiger partial charge is 0.245 e. The van der Waals surface area contributed by atoms with Crippen LogP contribution in [-0.2, 0) is 10.0 Å². The van der Waals surface area contributed by atoms with Gasteiger partial charge in [-0.3, -0.25) is 0 Å². The number of aliphatic hydroxyl groups excluding tert-OH is 1. The quantitative estimate of drug-likeness (QED) is 0.814. The molecule has 1 fully saturated rings. The van der Waals surface area contributed by atoms with E-state index < -0.39 is 10.0 Å². The molecule has 0 saturated heterocycles. The lowest BCUT2D eigenvalue weighted by atomic mass is 9.83. The molecule has 0 radical (unpaired) electrons. The zero-order valence-corrected chi connectivity index (χ0v) is 10.6. The number of sulfonamides is 1. The molecule has 1 aliphatic rings. The fourth-order valence-corrected chi connectivity index (χ4v) is 3.47. The fraction of sp³-hybridized carbons (Fsp3) is 0.700. The van der Waals surface area contributed by atoms with Crippen LogP contribution < -0.4 is 4.72 Å². The highest BCUT2D eigenvalue weighted by molar-refractivity contribution is 7.89. The monoisotopic (exact) mass is 260 g/mol. The van der Waals surface area contributed by atoms with E-state index in [0.717, 1.165) is 0 Å². The zero-order valence-electron chi connectivity index (χ0n) is 9.80. The van der Waals surface area contributed by atoms with Gasteiger partial charge in [-0.2, -0.15) is 0 Å². The van der Waals surface area contributed by atoms with Gasteiger partial charge in [0, 0.05) is 6.54 Å². The van der Waals surface area contributed by atoms with Gasteiger partial charge in [-0.15, -0.1) is 0 Å². The van der Waals surface area contributed by atoms with Crippen LogP contribution in [0.4, 0.5) is 0 Å². The van der Waals surface area contributed by atoms with Crippen LogP contribution in [0.25, 0.3) is 0 Å². The van der Waals surface area contributed by atoms with Gasteiger partial charge in [-0.1, -0.05) is 5.16 Å². The summed E-state index contributed by atoms with van der Waals surface area (Å²) in [5.74, 6) is 0.517. The molecular weight excluding hydrogens is 244 g/mol. The summed E-state index contributed by atoms with van der Waals surface area (Å²) in [7, 11) is -3.55. The van der Waals surface area contributed by atoms with Gasteiger partial charge in [-0.25, -0.2) is 13.1 Å². The summed E-state index contributed by atoms with van der Waals surface area (Å²) in [6.45, 7) is 3.52. The van der Waals surface area contributed by atoms with Crippen molar-refractivity contribution in [2.75, 3.05) is 6.54 Å². The highest BCUT2D eigenvalue weighted by Gasteiger charge is 2.30. The average molecular weight is 260 g/mol. The van der Waals surface area contributed by atoms with E-state index in [9.17, 15) is 8.42 Å². The first-order chi connectivity index (χ1) is 7.90. The van der Waals surface area contributed by atoms with E-state index >= 15 is 0 Å². The number of nitrogens with zero attached hydrogens (tertiary/aromatic N) is 1. The molecule has 17 heavy (non-hydrogen) atoms.